The molecule has 0 unspecified atom stereocenters. The molecule has 11 nitrogen and oxygen atoms in total. The number of aliphatic hydroxyl groups is 5. The average molecular weight is 553 g/mol. The maximum atomic E-state index is 12.6. The molecule has 218 valence electrons. The number of hydrogen-bond donors (Lipinski definition) is 5. The van der Waals surface area contributed by atoms with Gasteiger partial charge in [-0.05, 0) is 73.7 Å². The molecule has 6 aliphatic rings. The first-order valence-electron chi connectivity index (χ1n) is 14.2. The Labute approximate surface area is 227 Å². The molecular weight excluding hydrogens is 512 g/mol. The van der Waals surface area contributed by atoms with Gasteiger partial charge in [0.2, 0.25) is 0 Å². The Bertz CT molecular complexity index is 1040. The summed E-state index contributed by atoms with van der Waals surface area (Å²) in [6, 6.07) is 0. The van der Waals surface area contributed by atoms with Crippen LogP contribution in [0.2, 0.25) is 0 Å². The van der Waals surface area contributed by atoms with Gasteiger partial charge < -0.3 is 44.5 Å². The molecule has 0 amide bonds. The summed E-state index contributed by atoms with van der Waals surface area (Å²) < 4.78 is 23.7. The van der Waals surface area contributed by atoms with Crippen molar-refractivity contribution in [1.29, 1.82) is 0 Å². The molecule has 1 saturated heterocycles. The number of hydrogen-bond acceptors (Lipinski definition) is 11. The molecule has 39 heavy (non-hydrogen) atoms. The predicted octanol–water partition coefficient (Wildman–Crippen LogP) is -0.0561. The van der Waals surface area contributed by atoms with Crippen molar-refractivity contribution in [2.45, 2.75) is 107 Å². The zero-order chi connectivity index (χ0) is 27.9. The molecule has 0 radical (unpaired) electrons. The summed E-state index contributed by atoms with van der Waals surface area (Å²) in [7, 11) is 0. The van der Waals surface area contributed by atoms with Crippen LogP contribution in [-0.4, -0.2) is 99.2 Å². The number of aliphatic hydroxyl groups excluding tert-OH is 5. The van der Waals surface area contributed by atoms with Crippen molar-refractivity contribution in [1.82, 2.24) is 0 Å². The SMILES string of the molecule is CC(=O)O[C@@H]1[C@@]23CC[C@@H]4C5=CC(=O)O[C@@H]5CC[C@@]4(C)[C@@H]2CC[C@@H](C3)[C@]1(CO)O[C@@H]1O[C@H](CO)[C@@H](O)[C@H](O)[C@H]1O. The van der Waals surface area contributed by atoms with E-state index in [1.54, 1.807) is 6.08 Å². The minimum absolute atomic E-state index is 0.119. The summed E-state index contributed by atoms with van der Waals surface area (Å²) in [4.78, 5) is 24.7. The third-order valence-corrected chi connectivity index (χ3v) is 11.2. The molecule has 2 heterocycles. The lowest BCUT2D eigenvalue weighted by Crippen LogP contribution is -2.64. The Hall–Kier alpha value is -1.60. The van der Waals surface area contributed by atoms with Gasteiger partial charge in [-0.25, -0.2) is 4.79 Å². The van der Waals surface area contributed by atoms with Crippen molar-refractivity contribution in [2.24, 2.45) is 28.6 Å². The topological polar surface area (TPSA) is 172 Å². The van der Waals surface area contributed by atoms with Crippen LogP contribution >= 0.6 is 0 Å². The van der Waals surface area contributed by atoms with E-state index in [0.29, 0.717) is 19.3 Å². The lowest BCUT2D eigenvalue weighted by molar-refractivity contribution is -0.345. The van der Waals surface area contributed by atoms with E-state index < -0.39 is 67.0 Å². The fourth-order valence-electron chi connectivity index (χ4n) is 9.68. The summed E-state index contributed by atoms with van der Waals surface area (Å²) >= 11 is 0. The van der Waals surface area contributed by atoms with Crippen LogP contribution in [0.25, 0.3) is 0 Å². The second-order valence-electron chi connectivity index (χ2n) is 12.9. The summed E-state index contributed by atoms with van der Waals surface area (Å²) in [5, 5.41) is 52.0. The summed E-state index contributed by atoms with van der Waals surface area (Å²) in [5.41, 5.74) is -1.03. The van der Waals surface area contributed by atoms with Crippen LogP contribution in [0.3, 0.4) is 0 Å². The van der Waals surface area contributed by atoms with Crippen molar-refractivity contribution in [3.05, 3.63) is 11.6 Å². The zero-order valence-electron chi connectivity index (χ0n) is 22.4. The highest BCUT2D eigenvalue weighted by atomic mass is 16.7. The Balaban J connectivity index is 1.38. The fraction of sp³-hybridized carbons (Fsp3) is 0.857. The number of fused-ring (bicyclic) bond motifs is 5. The number of carbonyl (C=O) groups excluding carboxylic acids is 2. The third-order valence-electron chi connectivity index (χ3n) is 11.2. The van der Waals surface area contributed by atoms with Gasteiger partial charge in [0.1, 0.15) is 42.2 Å². The monoisotopic (exact) mass is 552 g/mol. The van der Waals surface area contributed by atoms with E-state index in [-0.39, 0.29) is 35.2 Å². The Morgan fingerprint density at radius 1 is 1.08 bits per heavy atom. The maximum absolute atomic E-state index is 12.6. The maximum Gasteiger partial charge on any atom is 0.331 e. The van der Waals surface area contributed by atoms with Crippen molar-refractivity contribution >= 4 is 11.9 Å². The largest absolute Gasteiger partial charge is 0.459 e. The molecule has 2 aliphatic heterocycles. The van der Waals surface area contributed by atoms with E-state index in [1.165, 1.54) is 6.92 Å². The highest BCUT2D eigenvalue weighted by Crippen LogP contribution is 2.73. The van der Waals surface area contributed by atoms with Crippen LogP contribution in [0.15, 0.2) is 11.6 Å². The molecule has 1 spiro atoms. The van der Waals surface area contributed by atoms with E-state index >= 15 is 0 Å². The molecule has 5 N–H and O–H groups in total. The second-order valence-corrected chi connectivity index (χ2v) is 12.9. The van der Waals surface area contributed by atoms with E-state index in [9.17, 15) is 35.1 Å². The second kappa shape index (κ2) is 9.47. The van der Waals surface area contributed by atoms with Gasteiger partial charge in [-0.3, -0.25) is 4.79 Å². The number of carbonyl (C=O) groups is 2. The summed E-state index contributed by atoms with van der Waals surface area (Å²) in [6.45, 7) is 2.48. The first kappa shape index (κ1) is 27.6. The van der Waals surface area contributed by atoms with Crippen LogP contribution in [0, 0.1) is 28.6 Å². The first-order chi connectivity index (χ1) is 18.5. The lowest BCUT2D eigenvalue weighted by atomic mass is 9.44. The van der Waals surface area contributed by atoms with Gasteiger partial charge >= 0.3 is 11.9 Å². The molecule has 0 aromatic heterocycles. The van der Waals surface area contributed by atoms with E-state index in [2.05, 4.69) is 6.92 Å². The summed E-state index contributed by atoms with van der Waals surface area (Å²) in [5.74, 6) is -0.724. The highest BCUT2D eigenvalue weighted by molar-refractivity contribution is 5.86. The van der Waals surface area contributed by atoms with Gasteiger partial charge in [0.25, 0.3) is 0 Å². The van der Waals surface area contributed by atoms with Crippen LogP contribution in [0.5, 0.6) is 0 Å². The third kappa shape index (κ3) is 3.80. The van der Waals surface area contributed by atoms with Gasteiger partial charge in [-0.1, -0.05) is 6.92 Å². The van der Waals surface area contributed by atoms with Gasteiger partial charge in [0.15, 0.2) is 6.29 Å². The van der Waals surface area contributed by atoms with Crippen molar-refractivity contribution in [3.8, 4) is 0 Å². The van der Waals surface area contributed by atoms with Crippen LogP contribution in [0.4, 0.5) is 0 Å². The molecular formula is C28H40O11. The van der Waals surface area contributed by atoms with E-state index in [1.807, 2.05) is 0 Å². The summed E-state index contributed by atoms with van der Waals surface area (Å²) in [6.07, 6.45) is -1.58. The average Bonchev–Trinajstić information content (AvgIpc) is 3.37. The lowest BCUT2D eigenvalue weighted by Gasteiger charge is -2.61. The minimum Gasteiger partial charge on any atom is -0.459 e. The van der Waals surface area contributed by atoms with Crippen molar-refractivity contribution in [3.63, 3.8) is 0 Å². The van der Waals surface area contributed by atoms with E-state index in [4.69, 9.17) is 18.9 Å². The van der Waals surface area contributed by atoms with Crippen molar-refractivity contribution in [2.75, 3.05) is 13.2 Å². The minimum atomic E-state index is -1.65. The Kier molecular flexibility index (Phi) is 6.69. The number of ether oxygens (including phenoxy) is 4. The molecule has 5 fully saturated rings. The molecule has 13 atom stereocenters. The molecule has 11 heteroatoms. The van der Waals surface area contributed by atoms with Crippen molar-refractivity contribution < 1.29 is 54.1 Å². The molecule has 6 rings (SSSR count). The molecule has 0 aromatic rings. The zero-order valence-corrected chi connectivity index (χ0v) is 22.4. The smallest absolute Gasteiger partial charge is 0.331 e. The molecule has 2 bridgehead atoms. The van der Waals surface area contributed by atoms with Gasteiger partial charge in [0.05, 0.1) is 13.2 Å². The van der Waals surface area contributed by atoms with Crippen LogP contribution < -0.4 is 0 Å². The number of esters is 2. The Morgan fingerprint density at radius 3 is 2.54 bits per heavy atom. The fourth-order valence-corrected chi connectivity index (χ4v) is 9.68. The highest BCUT2D eigenvalue weighted by Gasteiger charge is 2.74. The normalized spacial score (nSPS) is 52.3. The number of rotatable bonds is 5. The molecule has 4 saturated carbocycles. The van der Waals surface area contributed by atoms with Crippen LogP contribution in [-0.2, 0) is 28.5 Å². The van der Waals surface area contributed by atoms with Gasteiger partial charge in [0, 0.05) is 18.4 Å². The Morgan fingerprint density at radius 2 is 1.85 bits per heavy atom. The predicted molar refractivity (Wildman–Crippen MR) is 132 cm³/mol. The van der Waals surface area contributed by atoms with Gasteiger partial charge in [-0.15, -0.1) is 0 Å². The molecule has 4 aliphatic carbocycles. The molecule has 0 aromatic carbocycles. The first-order valence-corrected chi connectivity index (χ1v) is 14.2. The van der Waals surface area contributed by atoms with Crippen LogP contribution in [0.1, 0.15) is 58.8 Å². The van der Waals surface area contributed by atoms with E-state index in [0.717, 1.165) is 31.3 Å². The quantitative estimate of drug-likeness (QED) is 0.289. The standard InChI is InChI=1S/C28H40O11/c1-13(31)36-25-27-8-5-16-15-9-20(32)37-17(15)6-7-26(16,2)19(27)4-3-14(10-27)28(25,12-30)39-24-23(35)22(34)21(33)18(11-29)38-24/h9,14,16-19,21-25,29-30,33-35H,3-8,10-12H2,1-2H3/t14-,16+,17+,18+,19-,21+,22-,23+,24-,25+,26+,27+,28-/m0/s1. The van der Waals surface area contributed by atoms with Gasteiger partial charge in [-0.2, -0.15) is 0 Å².